The van der Waals surface area contributed by atoms with Crippen LogP contribution in [0.15, 0.2) is 18.2 Å². The Morgan fingerprint density at radius 2 is 2.25 bits per heavy atom. The van der Waals surface area contributed by atoms with Gasteiger partial charge in [0.05, 0.1) is 5.02 Å². The fourth-order valence-electron chi connectivity index (χ4n) is 1.22. The van der Waals surface area contributed by atoms with Gasteiger partial charge >= 0.3 is 0 Å². The zero-order valence-electron chi connectivity index (χ0n) is 8.90. The average Bonchev–Trinajstić information content (AvgIpc) is 2.22. The van der Waals surface area contributed by atoms with E-state index in [-0.39, 0.29) is 29.3 Å². The van der Waals surface area contributed by atoms with Crippen molar-refractivity contribution in [3.8, 4) is 5.75 Å². The van der Waals surface area contributed by atoms with E-state index in [1.165, 1.54) is 18.2 Å². The lowest BCUT2D eigenvalue weighted by molar-refractivity contribution is 0.0934. The number of benzene rings is 1. The molecule has 0 aliphatic rings. The van der Waals surface area contributed by atoms with E-state index in [1.807, 2.05) is 0 Å². The van der Waals surface area contributed by atoms with E-state index in [9.17, 15) is 9.90 Å². The molecule has 0 radical (unpaired) electrons. The molecule has 0 saturated heterocycles. The van der Waals surface area contributed by atoms with Gasteiger partial charge in [-0.15, -0.1) is 0 Å². The largest absolute Gasteiger partial charge is 0.506 e. The molecule has 88 valence electrons. The number of phenols is 1. The molecule has 5 heteroatoms. The number of carbonyl (C=O) groups is 1. The second-order valence-electron chi connectivity index (χ2n) is 3.55. The molecule has 1 aromatic rings. The summed E-state index contributed by atoms with van der Waals surface area (Å²) in [4.78, 5) is 11.7. The average molecular weight is 244 g/mol. The molecule has 0 heterocycles. The number of aromatic hydroxyl groups is 1. The van der Waals surface area contributed by atoms with E-state index in [0.29, 0.717) is 12.0 Å². The molecule has 4 nitrogen and oxygen atoms in total. The van der Waals surface area contributed by atoms with Crippen LogP contribution in [0.5, 0.6) is 5.75 Å². The molecule has 0 aliphatic heterocycles. The maximum absolute atomic E-state index is 11.7. The third kappa shape index (κ3) is 3.40. The normalized spacial score (nSPS) is 12.2. The van der Waals surface area contributed by atoms with E-state index < -0.39 is 0 Å². The summed E-state index contributed by atoms with van der Waals surface area (Å²) in [6.45, 7) is 1.83. The van der Waals surface area contributed by atoms with Crippen LogP contribution in [0.25, 0.3) is 0 Å². The standard InChI is InChI=1S/C11H14ClNO3/c1-7(4-5-14)13-11(16)8-2-3-10(15)9(12)6-8/h2-3,6-7,14-15H,4-5H2,1H3,(H,13,16). The van der Waals surface area contributed by atoms with Crippen LogP contribution in [0, 0.1) is 0 Å². The molecule has 0 aliphatic carbocycles. The van der Waals surface area contributed by atoms with Crippen LogP contribution in [0.2, 0.25) is 5.02 Å². The third-order valence-electron chi connectivity index (χ3n) is 2.15. The Labute approximate surface area is 98.9 Å². The fourth-order valence-corrected chi connectivity index (χ4v) is 1.40. The molecule has 3 N–H and O–H groups in total. The number of hydrogen-bond acceptors (Lipinski definition) is 3. The van der Waals surface area contributed by atoms with Crippen LogP contribution in [0.4, 0.5) is 0 Å². The van der Waals surface area contributed by atoms with Crippen LogP contribution < -0.4 is 5.32 Å². The number of amides is 1. The lowest BCUT2D eigenvalue weighted by Gasteiger charge is -2.12. The highest BCUT2D eigenvalue weighted by Gasteiger charge is 2.10. The Hall–Kier alpha value is -1.26. The minimum Gasteiger partial charge on any atom is -0.506 e. The first-order chi connectivity index (χ1) is 7.54. The first-order valence-electron chi connectivity index (χ1n) is 4.95. The minimum atomic E-state index is -0.275. The number of halogens is 1. The van der Waals surface area contributed by atoms with Crippen LogP contribution in [0.1, 0.15) is 23.7 Å². The van der Waals surface area contributed by atoms with Crippen LogP contribution in [-0.2, 0) is 0 Å². The molecule has 0 bridgehead atoms. The van der Waals surface area contributed by atoms with E-state index in [2.05, 4.69) is 5.32 Å². The first-order valence-corrected chi connectivity index (χ1v) is 5.32. The summed E-state index contributed by atoms with van der Waals surface area (Å²) in [5.41, 5.74) is 0.382. The number of aliphatic hydroxyl groups is 1. The Morgan fingerprint density at radius 1 is 1.56 bits per heavy atom. The molecular formula is C11H14ClNO3. The zero-order chi connectivity index (χ0) is 12.1. The van der Waals surface area contributed by atoms with Gasteiger partial charge in [-0.3, -0.25) is 4.79 Å². The second-order valence-corrected chi connectivity index (χ2v) is 3.96. The molecule has 1 unspecified atom stereocenters. The van der Waals surface area contributed by atoms with Crippen molar-refractivity contribution in [1.29, 1.82) is 0 Å². The van der Waals surface area contributed by atoms with Gasteiger partial charge in [0.1, 0.15) is 5.75 Å². The van der Waals surface area contributed by atoms with Crippen molar-refractivity contribution in [3.05, 3.63) is 28.8 Å². The predicted molar refractivity (Wildman–Crippen MR) is 61.7 cm³/mol. The molecule has 0 spiro atoms. The van der Waals surface area contributed by atoms with E-state index >= 15 is 0 Å². The van der Waals surface area contributed by atoms with Crippen molar-refractivity contribution in [2.45, 2.75) is 19.4 Å². The predicted octanol–water partition coefficient (Wildman–Crippen LogP) is 1.55. The summed E-state index contributed by atoms with van der Waals surface area (Å²) in [7, 11) is 0. The number of nitrogens with one attached hydrogen (secondary N) is 1. The number of aliphatic hydroxyl groups excluding tert-OH is 1. The third-order valence-corrected chi connectivity index (χ3v) is 2.45. The van der Waals surface area contributed by atoms with Gasteiger partial charge in [0.25, 0.3) is 5.91 Å². The Bertz CT molecular complexity index is 381. The molecule has 0 fully saturated rings. The maximum atomic E-state index is 11.7. The van der Waals surface area contributed by atoms with E-state index in [4.69, 9.17) is 16.7 Å². The van der Waals surface area contributed by atoms with E-state index in [1.54, 1.807) is 6.92 Å². The molecule has 1 aromatic carbocycles. The highest BCUT2D eigenvalue weighted by Crippen LogP contribution is 2.23. The molecule has 0 aromatic heterocycles. The monoisotopic (exact) mass is 243 g/mol. The van der Waals surface area contributed by atoms with Gasteiger partial charge in [-0.05, 0) is 31.5 Å². The van der Waals surface area contributed by atoms with Crippen molar-refractivity contribution in [2.24, 2.45) is 0 Å². The summed E-state index contributed by atoms with van der Waals surface area (Å²) in [5, 5.41) is 20.7. The summed E-state index contributed by atoms with van der Waals surface area (Å²) in [6, 6.07) is 4.15. The van der Waals surface area contributed by atoms with Gasteiger partial charge in [-0.2, -0.15) is 0 Å². The summed E-state index contributed by atoms with van der Waals surface area (Å²) < 4.78 is 0. The van der Waals surface area contributed by atoms with Crippen LogP contribution >= 0.6 is 11.6 Å². The molecule has 0 saturated carbocycles. The maximum Gasteiger partial charge on any atom is 0.251 e. The van der Waals surface area contributed by atoms with Gasteiger partial charge in [0.15, 0.2) is 0 Å². The Balaban J connectivity index is 2.69. The van der Waals surface area contributed by atoms with Crippen molar-refractivity contribution >= 4 is 17.5 Å². The first kappa shape index (κ1) is 12.8. The van der Waals surface area contributed by atoms with Crippen molar-refractivity contribution in [3.63, 3.8) is 0 Å². The second kappa shape index (κ2) is 5.72. The summed E-state index contributed by atoms with van der Waals surface area (Å²) >= 11 is 5.69. The number of carbonyl (C=O) groups excluding carboxylic acids is 1. The van der Waals surface area contributed by atoms with Gasteiger partial charge in [-0.25, -0.2) is 0 Å². The van der Waals surface area contributed by atoms with Gasteiger partial charge < -0.3 is 15.5 Å². The van der Waals surface area contributed by atoms with E-state index in [0.717, 1.165) is 0 Å². The molecular weight excluding hydrogens is 230 g/mol. The minimum absolute atomic E-state index is 0.0256. The summed E-state index contributed by atoms with van der Waals surface area (Å²) in [5.74, 6) is -0.329. The van der Waals surface area contributed by atoms with Crippen LogP contribution in [-0.4, -0.2) is 28.8 Å². The van der Waals surface area contributed by atoms with Gasteiger partial charge in [0, 0.05) is 18.2 Å². The fraction of sp³-hybridized carbons (Fsp3) is 0.364. The Morgan fingerprint density at radius 3 is 2.81 bits per heavy atom. The van der Waals surface area contributed by atoms with Crippen molar-refractivity contribution < 1.29 is 15.0 Å². The molecule has 1 rings (SSSR count). The van der Waals surface area contributed by atoms with Crippen molar-refractivity contribution in [1.82, 2.24) is 5.32 Å². The number of hydrogen-bond donors (Lipinski definition) is 3. The lowest BCUT2D eigenvalue weighted by atomic mass is 10.1. The highest BCUT2D eigenvalue weighted by molar-refractivity contribution is 6.32. The highest BCUT2D eigenvalue weighted by atomic mass is 35.5. The number of rotatable bonds is 4. The SMILES string of the molecule is CC(CCO)NC(=O)c1ccc(O)c(Cl)c1. The smallest absolute Gasteiger partial charge is 0.251 e. The quantitative estimate of drug-likeness (QED) is 0.752. The number of phenolic OH excluding ortho intramolecular Hbond substituents is 1. The molecule has 1 atom stereocenters. The summed E-state index contributed by atoms with van der Waals surface area (Å²) in [6.07, 6.45) is 0.498. The van der Waals surface area contributed by atoms with Crippen molar-refractivity contribution in [2.75, 3.05) is 6.61 Å². The lowest BCUT2D eigenvalue weighted by Crippen LogP contribution is -2.33. The Kier molecular flexibility index (Phi) is 4.58. The molecule has 1 amide bonds. The van der Waals surface area contributed by atoms with Crippen LogP contribution in [0.3, 0.4) is 0 Å². The molecule has 16 heavy (non-hydrogen) atoms. The zero-order valence-corrected chi connectivity index (χ0v) is 9.66. The topological polar surface area (TPSA) is 69.6 Å². The van der Waals surface area contributed by atoms with Gasteiger partial charge in [-0.1, -0.05) is 11.6 Å². The van der Waals surface area contributed by atoms with Gasteiger partial charge in [0.2, 0.25) is 0 Å².